The van der Waals surface area contributed by atoms with Gasteiger partial charge in [0, 0.05) is 5.56 Å². The van der Waals surface area contributed by atoms with Crippen LogP contribution in [0.1, 0.15) is 36.9 Å². The number of furan rings is 1. The van der Waals surface area contributed by atoms with Crippen LogP contribution < -0.4 is 4.74 Å². The number of hydrogen-bond donors (Lipinski definition) is 1. The molecule has 0 saturated carbocycles. The Hall–Kier alpha value is -2.54. The van der Waals surface area contributed by atoms with Gasteiger partial charge in [-0.05, 0) is 39.8 Å². The first-order valence-corrected chi connectivity index (χ1v) is 7.06. The summed E-state index contributed by atoms with van der Waals surface area (Å²) in [5, 5.41) is 9.65. The van der Waals surface area contributed by atoms with Gasteiger partial charge >= 0.3 is 11.9 Å². The molecule has 0 aliphatic rings. The van der Waals surface area contributed by atoms with Crippen LogP contribution in [0.25, 0.3) is 11.0 Å². The summed E-state index contributed by atoms with van der Waals surface area (Å²) >= 11 is 0. The summed E-state index contributed by atoms with van der Waals surface area (Å²) in [6.07, 6.45) is 0. The number of aromatic carboxylic acids is 1. The van der Waals surface area contributed by atoms with Gasteiger partial charge in [-0.1, -0.05) is 6.07 Å². The number of carboxylic acid groups (broad SMARTS) is 1. The maximum absolute atomic E-state index is 12.0. The summed E-state index contributed by atoms with van der Waals surface area (Å²) in [6, 6.07) is 4.91. The van der Waals surface area contributed by atoms with E-state index in [4.69, 9.17) is 14.3 Å². The van der Waals surface area contributed by atoms with Gasteiger partial charge in [0.1, 0.15) is 11.3 Å². The minimum atomic E-state index is -1.32. The molecular formula is C16H18O7. The number of aryl methyl sites for hydroxylation is 1. The quantitative estimate of drug-likeness (QED) is 0.645. The van der Waals surface area contributed by atoms with E-state index in [0.717, 1.165) is 0 Å². The SMILES string of the molecule is CCOOC(=O)C(C)(C)Oc1cccc2oc(C(=O)O)c(C)c12. The summed E-state index contributed by atoms with van der Waals surface area (Å²) in [6.45, 7) is 6.58. The van der Waals surface area contributed by atoms with E-state index in [2.05, 4.69) is 9.78 Å². The number of fused-ring (bicyclic) bond motifs is 1. The summed E-state index contributed by atoms with van der Waals surface area (Å²) in [5.41, 5.74) is -0.528. The molecule has 2 aromatic rings. The van der Waals surface area contributed by atoms with Crippen LogP contribution in [0.4, 0.5) is 0 Å². The number of carbonyl (C=O) groups excluding carboxylic acids is 1. The standard InChI is InChI=1S/C16H18O7/c1-5-20-23-15(19)16(3,4)22-11-8-6-7-10-12(11)9(2)13(21-10)14(17)18/h6-8H,5H2,1-4H3,(H,17,18). The number of benzene rings is 1. The average molecular weight is 322 g/mol. The van der Waals surface area contributed by atoms with Gasteiger partial charge in [-0.3, -0.25) is 4.89 Å². The first kappa shape index (κ1) is 16.8. The van der Waals surface area contributed by atoms with Crippen molar-refractivity contribution in [2.75, 3.05) is 6.61 Å². The van der Waals surface area contributed by atoms with Crippen LogP contribution in [0.5, 0.6) is 5.75 Å². The largest absolute Gasteiger partial charge is 0.475 e. The molecule has 1 aromatic carbocycles. The van der Waals surface area contributed by atoms with E-state index < -0.39 is 17.5 Å². The number of carbonyl (C=O) groups is 2. The van der Waals surface area contributed by atoms with Crippen LogP contribution in [-0.4, -0.2) is 29.3 Å². The minimum Gasteiger partial charge on any atom is -0.475 e. The second kappa shape index (κ2) is 6.29. The van der Waals surface area contributed by atoms with Crippen molar-refractivity contribution >= 4 is 22.9 Å². The molecule has 1 aromatic heterocycles. The maximum atomic E-state index is 12.0. The molecule has 0 spiro atoms. The molecule has 0 atom stereocenters. The van der Waals surface area contributed by atoms with Crippen LogP contribution in [0.15, 0.2) is 22.6 Å². The lowest BCUT2D eigenvalue weighted by Crippen LogP contribution is -2.39. The highest BCUT2D eigenvalue weighted by atomic mass is 17.2. The van der Waals surface area contributed by atoms with E-state index in [9.17, 15) is 9.59 Å². The van der Waals surface area contributed by atoms with Crippen LogP contribution in [0.3, 0.4) is 0 Å². The second-order valence-corrected chi connectivity index (χ2v) is 5.38. The Morgan fingerprint density at radius 3 is 2.61 bits per heavy atom. The monoisotopic (exact) mass is 322 g/mol. The molecule has 1 N–H and O–H groups in total. The molecule has 2 rings (SSSR count). The molecule has 124 valence electrons. The van der Waals surface area contributed by atoms with E-state index in [0.29, 0.717) is 22.3 Å². The Balaban J connectivity index is 2.40. The normalized spacial score (nSPS) is 11.5. The fraction of sp³-hybridized carbons (Fsp3) is 0.375. The number of rotatable bonds is 6. The molecular weight excluding hydrogens is 304 g/mol. The van der Waals surface area contributed by atoms with Gasteiger partial charge in [0.2, 0.25) is 11.4 Å². The van der Waals surface area contributed by atoms with Crippen LogP contribution >= 0.6 is 0 Å². The Kier molecular flexibility index (Phi) is 4.60. The second-order valence-electron chi connectivity index (χ2n) is 5.38. The van der Waals surface area contributed by atoms with E-state index in [-0.39, 0.29) is 12.4 Å². The molecule has 0 aliphatic heterocycles. The lowest BCUT2D eigenvalue weighted by molar-refractivity contribution is -0.279. The van der Waals surface area contributed by atoms with Crippen molar-refractivity contribution < 1.29 is 33.6 Å². The van der Waals surface area contributed by atoms with Crippen LogP contribution in [0.2, 0.25) is 0 Å². The lowest BCUT2D eigenvalue weighted by Gasteiger charge is -2.23. The fourth-order valence-corrected chi connectivity index (χ4v) is 2.08. The Bertz CT molecular complexity index is 742. The maximum Gasteiger partial charge on any atom is 0.384 e. The van der Waals surface area contributed by atoms with E-state index >= 15 is 0 Å². The number of hydrogen-bond acceptors (Lipinski definition) is 6. The van der Waals surface area contributed by atoms with Crippen LogP contribution in [0, 0.1) is 6.92 Å². The number of ether oxygens (including phenoxy) is 1. The first-order valence-electron chi connectivity index (χ1n) is 7.06. The van der Waals surface area contributed by atoms with Crippen molar-refractivity contribution in [3.63, 3.8) is 0 Å². The van der Waals surface area contributed by atoms with Crippen molar-refractivity contribution in [1.29, 1.82) is 0 Å². The van der Waals surface area contributed by atoms with Gasteiger partial charge in [0.25, 0.3) is 0 Å². The molecule has 0 saturated heterocycles. The van der Waals surface area contributed by atoms with Crippen LogP contribution in [-0.2, 0) is 14.6 Å². The molecule has 0 amide bonds. The summed E-state index contributed by atoms with van der Waals surface area (Å²) in [7, 11) is 0. The predicted octanol–water partition coefficient (Wildman–Crippen LogP) is 3.09. The Morgan fingerprint density at radius 2 is 2.00 bits per heavy atom. The number of carboxylic acids is 1. The highest BCUT2D eigenvalue weighted by Gasteiger charge is 2.34. The molecule has 0 bridgehead atoms. The summed E-state index contributed by atoms with van der Waals surface area (Å²) in [5.74, 6) is -1.70. The zero-order chi connectivity index (χ0) is 17.2. The zero-order valence-corrected chi connectivity index (χ0v) is 13.3. The topological polar surface area (TPSA) is 95.2 Å². The van der Waals surface area contributed by atoms with Crippen molar-refractivity contribution in [1.82, 2.24) is 0 Å². The van der Waals surface area contributed by atoms with Crippen molar-refractivity contribution in [3.05, 3.63) is 29.5 Å². The Morgan fingerprint density at radius 1 is 1.30 bits per heavy atom. The molecule has 1 heterocycles. The van der Waals surface area contributed by atoms with Gasteiger partial charge in [-0.2, -0.15) is 4.89 Å². The highest BCUT2D eigenvalue weighted by molar-refractivity contribution is 5.97. The van der Waals surface area contributed by atoms with Gasteiger partial charge in [-0.25, -0.2) is 9.59 Å². The lowest BCUT2D eigenvalue weighted by atomic mass is 10.1. The molecule has 7 heteroatoms. The predicted molar refractivity (Wildman–Crippen MR) is 80.3 cm³/mol. The molecule has 7 nitrogen and oxygen atoms in total. The third-order valence-corrected chi connectivity index (χ3v) is 3.22. The molecule has 0 radical (unpaired) electrons. The van der Waals surface area contributed by atoms with E-state index in [1.807, 2.05) is 0 Å². The van der Waals surface area contributed by atoms with E-state index in [1.54, 1.807) is 32.0 Å². The summed E-state index contributed by atoms with van der Waals surface area (Å²) in [4.78, 5) is 32.4. The zero-order valence-electron chi connectivity index (χ0n) is 13.3. The molecule has 23 heavy (non-hydrogen) atoms. The highest BCUT2D eigenvalue weighted by Crippen LogP contribution is 2.35. The van der Waals surface area contributed by atoms with Crippen molar-refractivity contribution in [2.45, 2.75) is 33.3 Å². The van der Waals surface area contributed by atoms with Crippen molar-refractivity contribution in [3.8, 4) is 5.75 Å². The Labute approximate surface area is 132 Å². The van der Waals surface area contributed by atoms with Gasteiger partial charge in [-0.15, -0.1) is 0 Å². The molecule has 0 unspecified atom stereocenters. The van der Waals surface area contributed by atoms with E-state index in [1.165, 1.54) is 13.8 Å². The third kappa shape index (κ3) is 3.29. The van der Waals surface area contributed by atoms with Gasteiger partial charge in [0.15, 0.2) is 0 Å². The summed E-state index contributed by atoms with van der Waals surface area (Å²) < 4.78 is 11.1. The minimum absolute atomic E-state index is 0.161. The molecule has 0 fully saturated rings. The third-order valence-electron chi connectivity index (χ3n) is 3.22. The first-order chi connectivity index (χ1) is 10.8. The fourth-order valence-electron chi connectivity index (χ4n) is 2.08. The average Bonchev–Trinajstić information content (AvgIpc) is 2.83. The van der Waals surface area contributed by atoms with Crippen molar-refractivity contribution in [2.24, 2.45) is 0 Å². The van der Waals surface area contributed by atoms with Gasteiger partial charge in [0.05, 0.1) is 12.0 Å². The molecule has 0 aliphatic carbocycles. The van der Waals surface area contributed by atoms with Gasteiger partial charge < -0.3 is 14.3 Å². The smallest absolute Gasteiger partial charge is 0.384 e.